The van der Waals surface area contributed by atoms with Gasteiger partial charge in [0.15, 0.2) is 0 Å². The van der Waals surface area contributed by atoms with Crippen molar-refractivity contribution in [3.05, 3.63) is 0 Å². The smallest absolute Gasteiger partial charge is 0.408 e. The van der Waals surface area contributed by atoms with Crippen molar-refractivity contribution in [1.82, 2.24) is 5.32 Å². The minimum absolute atomic E-state index is 0.000295. The lowest BCUT2D eigenvalue weighted by Crippen LogP contribution is -2.47. The van der Waals surface area contributed by atoms with Crippen LogP contribution < -0.4 is 5.32 Å². The first-order chi connectivity index (χ1) is 9.29. The predicted octanol–water partition coefficient (Wildman–Crippen LogP) is 3.32. The van der Waals surface area contributed by atoms with Crippen molar-refractivity contribution in [3.8, 4) is 0 Å². The average molecular weight is 285 g/mol. The van der Waals surface area contributed by atoms with Crippen LogP contribution in [-0.2, 0) is 9.53 Å². The molecule has 1 fully saturated rings. The zero-order valence-corrected chi connectivity index (χ0v) is 12.8. The molecule has 0 aromatic heterocycles. The molecule has 1 atom stereocenters. The first-order valence-electron chi connectivity index (χ1n) is 7.52. The van der Waals surface area contributed by atoms with Crippen LogP contribution in [0.4, 0.5) is 4.79 Å². The van der Waals surface area contributed by atoms with E-state index in [1.54, 1.807) is 20.8 Å². The fraction of sp³-hybridized carbons (Fsp3) is 0.867. The van der Waals surface area contributed by atoms with E-state index >= 15 is 0 Å². The summed E-state index contributed by atoms with van der Waals surface area (Å²) in [6.45, 7) is 5.29. The monoisotopic (exact) mass is 285 g/mol. The second kappa shape index (κ2) is 7.50. The van der Waals surface area contributed by atoms with Gasteiger partial charge in [0.25, 0.3) is 0 Å². The molecule has 20 heavy (non-hydrogen) atoms. The van der Waals surface area contributed by atoms with Crippen molar-refractivity contribution in [2.24, 2.45) is 5.92 Å². The third-order valence-electron chi connectivity index (χ3n) is 3.56. The first kappa shape index (κ1) is 16.8. The second-order valence-electron chi connectivity index (χ2n) is 6.57. The molecule has 5 heteroatoms. The molecule has 1 rings (SSSR count). The maximum absolute atomic E-state index is 11.8. The van der Waals surface area contributed by atoms with Gasteiger partial charge in [-0.3, -0.25) is 0 Å². The van der Waals surface area contributed by atoms with Crippen molar-refractivity contribution in [2.75, 3.05) is 0 Å². The highest BCUT2D eigenvalue weighted by Gasteiger charge is 2.31. The maximum atomic E-state index is 11.8. The molecule has 0 saturated heterocycles. The van der Waals surface area contributed by atoms with Crippen molar-refractivity contribution in [1.29, 1.82) is 0 Å². The molecule has 116 valence electrons. The molecule has 0 aliphatic heterocycles. The van der Waals surface area contributed by atoms with Gasteiger partial charge in [-0.25, -0.2) is 9.59 Å². The minimum atomic E-state index is -0.971. The highest BCUT2D eigenvalue weighted by molar-refractivity contribution is 5.80. The van der Waals surface area contributed by atoms with E-state index in [9.17, 15) is 14.7 Å². The number of rotatable bonds is 3. The summed E-state index contributed by atoms with van der Waals surface area (Å²) in [4.78, 5) is 23.2. The van der Waals surface area contributed by atoms with Crippen LogP contribution >= 0.6 is 0 Å². The number of ether oxygens (including phenoxy) is 1. The fourth-order valence-electron chi connectivity index (χ4n) is 2.64. The molecular formula is C15H27NO4. The van der Waals surface area contributed by atoms with E-state index < -0.39 is 23.7 Å². The number of hydrogen-bond acceptors (Lipinski definition) is 3. The number of hydrogen-bond donors (Lipinski definition) is 2. The largest absolute Gasteiger partial charge is 0.480 e. The number of nitrogens with one attached hydrogen (secondary N) is 1. The summed E-state index contributed by atoms with van der Waals surface area (Å²) in [7, 11) is 0. The Kier molecular flexibility index (Phi) is 6.30. The molecule has 1 amide bonds. The van der Waals surface area contributed by atoms with Gasteiger partial charge in [-0.1, -0.05) is 32.1 Å². The second-order valence-corrected chi connectivity index (χ2v) is 6.57. The summed E-state index contributed by atoms with van der Waals surface area (Å²) in [6.07, 6.45) is 6.65. The van der Waals surface area contributed by atoms with E-state index in [0.717, 1.165) is 38.5 Å². The number of alkyl carbamates (subject to hydrolysis) is 1. The van der Waals surface area contributed by atoms with Crippen molar-refractivity contribution >= 4 is 12.1 Å². The number of carboxylic acids is 1. The third-order valence-corrected chi connectivity index (χ3v) is 3.56. The predicted molar refractivity (Wildman–Crippen MR) is 76.6 cm³/mol. The van der Waals surface area contributed by atoms with E-state index in [4.69, 9.17) is 4.74 Å². The summed E-state index contributed by atoms with van der Waals surface area (Å²) < 4.78 is 5.15. The van der Waals surface area contributed by atoms with Crippen LogP contribution in [-0.4, -0.2) is 28.8 Å². The summed E-state index contributed by atoms with van der Waals surface area (Å²) in [5.74, 6) is -0.971. The van der Waals surface area contributed by atoms with Crippen LogP contribution in [0.5, 0.6) is 0 Å². The fourth-order valence-corrected chi connectivity index (χ4v) is 2.64. The lowest BCUT2D eigenvalue weighted by Gasteiger charge is -2.28. The van der Waals surface area contributed by atoms with Gasteiger partial charge in [0, 0.05) is 0 Å². The van der Waals surface area contributed by atoms with Crippen LogP contribution in [0.25, 0.3) is 0 Å². The SMILES string of the molecule is CC(C)(C)OC(=O)NC(C(=O)O)C1CCCCCCC1. The molecule has 0 spiro atoms. The Morgan fingerprint density at radius 2 is 1.60 bits per heavy atom. The highest BCUT2D eigenvalue weighted by Crippen LogP contribution is 2.25. The number of amides is 1. The van der Waals surface area contributed by atoms with Gasteiger partial charge in [-0.05, 0) is 39.5 Å². The molecule has 2 N–H and O–H groups in total. The van der Waals surface area contributed by atoms with Crippen molar-refractivity contribution in [3.63, 3.8) is 0 Å². The molecular weight excluding hydrogens is 258 g/mol. The van der Waals surface area contributed by atoms with Crippen LogP contribution in [0.3, 0.4) is 0 Å². The summed E-state index contributed by atoms with van der Waals surface area (Å²) in [5.41, 5.74) is -0.617. The highest BCUT2D eigenvalue weighted by atomic mass is 16.6. The Morgan fingerprint density at radius 3 is 2.05 bits per heavy atom. The lowest BCUT2D eigenvalue weighted by atomic mass is 9.86. The van der Waals surface area contributed by atoms with Gasteiger partial charge < -0.3 is 15.2 Å². The van der Waals surface area contributed by atoms with Gasteiger partial charge in [0.2, 0.25) is 0 Å². The van der Waals surface area contributed by atoms with Gasteiger partial charge in [-0.2, -0.15) is 0 Å². The van der Waals surface area contributed by atoms with E-state index in [0.29, 0.717) is 0 Å². The molecule has 5 nitrogen and oxygen atoms in total. The molecule has 0 bridgehead atoms. The Bertz CT molecular complexity index is 327. The molecule has 1 unspecified atom stereocenters. The van der Waals surface area contributed by atoms with E-state index in [-0.39, 0.29) is 5.92 Å². The van der Waals surface area contributed by atoms with E-state index in [2.05, 4.69) is 5.32 Å². The van der Waals surface area contributed by atoms with Crippen LogP contribution in [0.1, 0.15) is 65.7 Å². The molecule has 0 aromatic rings. The standard InChI is InChI=1S/C15H27NO4/c1-15(2,3)20-14(19)16-12(13(17)18)11-9-7-5-4-6-8-10-11/h11-12H,4-10H2,1-3H3,(H,16,19)(H,17,18). The van der Waals surface area contributed by atoms with Crippen molar-refractivity contribution < 1.29 is 19.4 Å². The molecule has 1 aliphatic rings. The summed E-state index contributed by atoms with van der Waals surface area (Å²) >= 11 is 0. The van der Waals surface area contributed by atoms with E-state index in [1.165, 1.54) is 6.42 Å². The quantitative estimate of drug-likeness (QED) is 0.834. The van der Waals surface area contributed by atoms with Crippen LogP contribution in [0.2, 0.25) is 0 Å². The van der Waals surface area contributed by atoms with Gasteiger partial charge in [0.05, 0.1) is 0 Å². The van der Waals surface area contributed by atoms with Gasteiger partial charge in [-0.15, -0.1) is 0 Å². The molecule has 0 heterocycles. The number of carboxylic acid groups (broad SMARTS) is 1. The zero-order chi connectivity index (χ0) is 15.2. The lowest BCUT2D eigenvalue weighted by molar-refractivity contribution is -0.141. The van der Waals surface area contributed by atoms with Crippen LogP contribution in [0.15, 0.2) is 0 Å². The number of carbonyl (C=O) groups excluding carboxylic acids is 1. The number of carbonyl (C=O) groups is 2. The Hall–Kier alpha value is -1.26. The molecule has 1 saturated carbocycles. The van der Waals surface area contributed by atoms with Gasteiger partial charge >= 0.3 is 12.1 Å². The Morgan fingerprint density at radius 1 is 1.10 bits per heavy atom. The molecule has 0 aromatic carbocycles. The zero-order valence-electron chi connectivity index (χ0n) is 12.8. The summed E-state index contributed by atoms with van der Waals surface area (Å²) in [6, 6.07) is -0.844. The summed E-state index contributed by atoms with van der Waals surface area (Å²) in [5, 5.41) is 11.9. The van der Waals surface area contributed by atoms with Gasteiger partial charge in [0.1, 0.15) is 11.6 Å². The minimum Gasteiger partial charge on any atom is -0.480 e. The van der Waals surface area contributed by atoms with E-state index in [1.807, 2.05) is 0 Å². The van der Waals surface area contributed by atoms with Crippen LogP contribution in [0, 0.1) is 5.92 Å². The normalized spacial score (nSPS) is 19.6. The average Bonchev–Trinajstić information content (AvgIpc) is 2.23. The Balaban J connectivity index is 2.62. The molecule has 0 radical (unpaired) electrons. The topological polar surface area (TPSA) is 75.6 Å². The number of aliphatic carboxylic acids is 1. The molecule has 1 aliphatic carbocycles. The first-order valence-corrected chi connectivity index (χ1v) is 7.52. The van der Waals surface area contributed by atoms with Crippen molar-refractivity contribution in [2.45, 2.75) is 77.4 Å². The maximum Gasteiger partial charge on any atom is 0.408 e. The Labute approximate surface area is 121 Å². The third kappa shape index (κ3) is 6.26.